The van der Waals surface area contributed by atoms with Gasteiger partial charge in [-0.15, -0.1) is 11.8 Å². The molecule has 6 nitrogen and oxygen atoms in total. The highest BCUT2D eigenvalue weighted by atomic mass is 32.2. The second-order valence-electron chi connectivity index (χ2n) is 5.86. The fraction of sp³-hybridized carbons (Fsp3) is 0.438. The van der Waals surface area contributed by atoms with E-state index in [1.807, 2.05) is 11.0 Å². The molecule has 0 atom stereocenters. The molecule has 1 aromatic carbocycles. The number of fused-ring (bicyclic) bond motifs is 1. The van der Waals surface area contributed by atoms with E-state index in [2.05, 4.69) is 5.32 Å². The summed E-state index contributed by atoms with van der Waals surface area (Å²) in [5.41, 5.74) is 1.27. The number of piperidine rings is 1. The molecule has 0 saturated carbocycles. The normalized spacial score (nSPS) is 19.0. The first-order chi connectivity index (χ1) is 11.0. The molecule has 2 N–H and O–H groups in total. The van der Waals surface area contributed by atoms with Gasteiger partial charge in [0.05, 0.1) is 23.9 Å². The van der Waals surface area contributed by atoms with E-state index >= 15 is 0 Å². The number of amides is 1. The number of Topliss-reactive ketones (excluding diaryl/α,β-unsaturated/α-hetero) is 1. The van der Waals surface area contributed by atoms with Crippen LogP contribution in [0, 0.1) is 5.92 Å². The minimum Gasteiger partial charge on any atom is -0.481 e. The fourth-order valence-electron chi connectivity index (χ4n) is 2.89. The molecule has 1 amide bonds. The monoisotopic (exact) mass is 334 g/mol. The summed E-state index contributed by atoms with van der Waals surface area (Å²) in [6.07, 6.45) is 1.17. The van der Waals surface area contributed by atoms with E-state index in [0.29, 0.717) is 42.9 Å². The van der Waals surface area contributed by atoms with Gasteiger partial charge in [0, 0.05) is 10.5 Å². The Balaban J connectivity index is 1.62. The Morgan fingerprint density at radius 3 is 2.74 bits per heavy atom. The smallest absolute Gasteiger partial charge is 0.306 e. The van der Waals surface area contributed by atoms with Gasteiger partial charge in [-0.05, 0) is 38.1 Å². The van der Waals surface area contributed by atoms with Crippen molar-refractivity contribution in [3.8, 4) is 0 Å². The molecule has 1 fully saturated rings. The summed E-state index contributed by atoms with van der Waals surface area (Å²) < 4.78 is 0. The lowest BCUT2D eigenvalue weighted by Crippen LogP contribution is -2.39. The number of carbonyl (C=O) groups is 3. The highest BCUT2D eigenvalue weighted by molar-refractivity contribution is 8.00. The van der Waals surface area contributed by atoms with Crippen molar-refractivity contribution in [1.82, 2.24) is 4.90 Å². The zero-order valence-electron chi connectivity index (χ0n) is 12.6. The van der Waals surface area contributed by atoms with Crippen molar-refractivity contribution in [3.05, 3.63) is 23.8 Å². The molecule has 2 aliphatic rings. The molecule has 0 spiro atoms. The molecular weight excluding hydrogens is 316 g/mol. The largest absolute Gasteiger partial charge is 0.481 e. The molecule has 0 bridgehead atoms. The van der Waals surface area contributed by atoms with Crippen LogP contribution in [0.5, 0.6) is 0 Å². The number of thioether (sulfide) groups is 1. The van der Waals surface area contributed by atoms with Crippen LogP contribution in [0.2, 0.25) is 0 Å². The first-order valence-corrected chi connectivity index (χ1v) is 8.56. The van der Waals surface area contributed by atoms with Gasteiger partial charge in [0.25, 0.3) is 0 Å². The number of anilines is 1. The van der Waals surface area contributed by atoms with Gasteiger partial charge in [0.2, 0.25) is 5.91 Å². The summed E-state index contributed by atoms with van der Waals surface area (Å²) in [6, 6.07) is 5.38. The third kappa shape index (κ3) is 3.73. The summed E-state index contributed by atoms with van der Waals surface area (Å²) in [5.74, 6) is -0.704. The Hall–Kier alpha value is -1.86. The van der Waals surface area contributed by atoms with E-state index in [0.717, 1.165) is 4.90 Å². The molecule has 1 aromatic rings. The molecule has 0 radical (unpaired) electrons. The fourth-order valence-corrected chi connectivity index (χ4v) is 3.68. The van der Waals surface area contributed by atoms with Gasteiger partial charge in [-0.3, -0.25) is 19.3 Å². The minimum absolute atomic E-state index is 0.00797. The molecule has 122 valence electrons. The van der Waals surface area contributed by atoms with Gasteiger partial charge < -0.3 is 10.4 Å². The maximum absolute atomic E-state index is 12.4. The van der Waals surface area contributed by atoms with Crippen LogP contribution in [-0.4, -0.2) is 53.1 Å². The zero-order valence-corrected chi connectivity index (χ0v) is 13.4. The Morgan fingerprint density at radius 1 is 1.30 bits per heavy atom. The van der Waals surface area contributed by atoms with Gasteiger partial charge in [-0.2, -0.15) is 0 Å². The van der Waals surface area contributed by atoms with Gasteiger partial charge in [0.1, 0.15) is 0 Å². The summed E-state index contributed by atoms with van der Waals surface area (Å²) in [5, 5.41) is 11.8. The second-order valence-corrected chi connectivity index (χ2v) is 6.88. The van der Waals surface area contributed by atoms with Crippen LogP contribution >= 0.6 is 11.8 Å². The van der Waals surface area contributed by atoms with Crippen LogP contribution in [-0.2, 0) is 9.59 Å². The average Bonchev–Trinajstić information content (AvgIpc) is 2.54. The third-order valence-corrected chi connectivity index (χ3v) is 5.31. The topological polar surface area (TPSA) is 86.7 Å². The summed E-state index contributed by atoms with van der Waals surface area (Å²) in [6.45, 7) is 1.53. The van der Waals surface area contributed by atoms with Gasteiger partial charge in [0.15, 0.2) is 5.78 Å². The van der Waals surface area contributed by atoms with Crippen LogP contribution in [0.25, 0.3) is 0 Å². The molecular formula is C16H18N2O4S. The van der Waals surface area contributed by atoms with Crippen molar-refractivity contribution < 1.29 is 19.5 Å². The number of nitrogens with one attached hydrogen (secondary N) is 1. The Bertz CT molecular complexity index is 653. The third-order valence-electron chi connectivity index (χ3n) is 4.24. The molecule has 0 unspecified atom stereocenters. The molecule has 0 aliphatic carbocycles. The number of hydrogen-bond donors (Lipinski definition) is 2. The Labute approximate surface area is 138 Å². The molecule has 2 heterocycles. The number of likely N-dealkylation sites (tertiary alicyclic amines) is 1. The van der Waals surface area contributed by atoms with Crippen LogP contribution < -0.4 is 5.32 Å². The number of benzene rings is 1. The molecule has 7 heteroatoms. The number of carbonyl (C=O) groups excluding carboxylic acids is 2. The number of aliphatic carboxylic acids is 1. The molecule has 23 heavy (non-hydrogen) atoms. The van der Waals surface area contributed by atoms with E-state index in [-0.39, 0.29) is 24.2 Å². The highest BCUT2D eigenvalue weighted by Gasteiger charge is 2.26. The predicted octanol–water partition coefficient (Wildman–Crippen LogP) is 1.71. The second kappa shape index (κ2) is 6.72. The first-order valence-electron chi connectivity index (χ1n) is 7.58. The lowest BCUT2D eigenvalue weighted by molar-refractivity contribution is -0.143. The molecule has 0 aromatic heterocycles. The summed E-state index contributed by atoms with van der Waals surface area (Å²) in [4.78, 5) is 37.8. The van der Waals surface area contributed by atoms with E-state index in [1.54, 1.807) is 12.1 Å². The standard InChI is InChI=1S/C16H18N2O4S/c19-13(8-18-5-3-10(4-6-18)16(21)22)11-1-2-14-12(7-11)17-15(20)9-23-14/h1-2,7,10H,3-6,8-9H2,(H,17,20)(H,21,22). The predicted molar refractivity (Wildman–Crippen MR) is 86.9 cm³/mol. The minimum atomic E-state index is -0.751. The van der Waals surface area contributed by atoms with Gasteiger partial charge in [-0.1, -0.05) is 6.07 Å². The van der Waals surface area contributed by atoms with Crippen molar-refractivity contribution in [3.63, 3.8) is 0 Å². The Kier molecular flexibility index (Phi) is 4.68. The summed E-state index contributed by atoms with van der Waals surface area (Å²) >= 11 is 1.47. The van der Waals surface area contributed by atoms with Gasteiger partial charge >= 0.3 is 5.97 Å². The quantitative estimate of drug-likeness (QED) is 0.815. The van der Waals surface area contributed by atoms with E-state index in [9.17, 15) is 14.4 Å². The van der Waals surface area contributed by atoms with E-state index in [4.69, 9.17) is 5.11 Å². The van der Waals surface area contributed by atoms with Crippen molar-refractivity contribution in [2.75, 3.05) is 30.7 Å². The highest BCUT2D eigenvalue weighted by Crippen LogP contribution is 2.32. The number of nitrogens with zero attached hydrogens (tertiary/aromatic N) is 1. The van der Waals surface area contributed by atoms with Crippen molar-refractivity contribution >= 4 is 35.1 Å². The Morgan fingerprint density at radius 2 is 2.04 bits per heavy atom. The van der Waals surface area contributed by atoms with Crippen LogP contribution in [0.15, 0.2) is 23.1 Å². The molecule has 1 saturated heterocycles. The molecule has 3 rings (SSSR count). The van der Waals surface area contributed by atoms with Crippen LogP contribution in [0.3, 0.4) is 0 Å². The first kappa shape index (κ1) is 16.0. The maximum atomic E-state index is 12.4. The number of rotatable bonds is 4. The number of hydrogen-bond acceptors (Lipinski definition) is 5. The average molecular weight is 334 g/mol. The zero-order chi connectivity index (χ0) is 16.4. The molecule has 2 aliphatic heterocycles. The number of carboxylic acid groups (broad SMARTS) is 1. The number of ketones is 1. The van der Waals surface area contributed by atoms with Crippen molar-refractivity contribution in [1.29, 1.82) is 0 Å². The lowest BCUT2D eigenvalue weighted by Gasteiger charge is -2.29. The summed E-state index contributed by atoms with van der Waals surface area (Å²) in [7, 11) is 0. The van der Waals surface area contributed by atoms with Crippen molar-refractivity contribution in [2.24, 2.45) is 5.92 Å². The lowest BCUT2D eigenvalue weighted by atomic mass is 9.96. The van der Waals surface area contributed by atoms with E-state index < -0.39 is 5.97 Å². The van der Waals surface area contributed by atoms with Crippen LogP contribution in [0.4, 0.5) is 5.69 Å². The SMILES string of the molecule is O=C1CSc2ccc(C(=O)CN3CCC(C(=O)O)CC3)cc2N1. The maximum Gasteiger partial charge on any atom is 0.306 e. The van der Waals surface area contributed by atoms with Crippen LogP contribution in [0.1, 0.15) is 23.2 Å². The van der Waals surface area contributed by atoms with E-state index in [1.165, 1.54) is 11.8 Å². The van der Waals surface area contributed by atoms with Crippen molar-refractivity contribution in [2.45, 2.75) is 17.7 Å². The number of carboxylic acids is 1. The van der Waals surface area contributed by atoms with Gasteiger partial charge in [-0.25, -0.2) is 0 Å².